The molecule has 0 aliphatic carbocycles. The number of nitrogens with one attached hydrogen (secondary N) is 1. The Hall–Kier alpha value is -1.14. The summed E-state index contributed by atoms with van der Waals surface area (Å²) in [5, 5.41) is 19.9. The van der Waals surface area contributed by atoms with Crippen LogP contribution in [0.4, 0.5) is 0 Å². The first-order chi connectivity index (χ1) is 6.50. The van der Waals surface area contributed by atoms with Gasteiger partial charge in [0, 0.05) is 13.7 Å². The smallest absolute Gasteiger partial charge is 0.321 e. The fraction of sp³-hybridized carbons (Fsp3) is 0.750. The highest BCUT2D eigenvalue weighted by Crippen LogP contribution is 2.03. The highest BCUT2D eigenvalue weighted by atomic mass is 16.5. The highest BCUT2D eigenvalue weighted by Gasteiger charge is 2.28. The Bertz CT molecular complexity index is 206. The minimum Gasteiger partial charge on any atom is -0.481 e. The Kier molecular flexibility index (Phi) is 5.82. The molecule has 0 bridgehead atoms. The van der Waals surface area contributed by atoms with Crippen molar-refractivity contribution in [2.75, 3.05) is 20.3 Å². The lowest BCUT2D eigenvalue weighted by atomic mass is 10.0. The third-order valence-electron chi connectivity index (χ3n) is 1.83. The van der Waals surface area contributed by atoms with Crippen molar-refractivity contribution in [2.45, 2.75) is 13.0 Å². The van der Waals surface area contributed by atoms with Crippen LogP contribution in [0.25, 0.3) is 0 Å². The number of hydrogen-bond donors (Lipinski definition) is 3. The quantitative estimate of drug-likeness (QED) is 0.480. The Morgan fingerprint density at radius 2 is 1.93 bits per heavy atom. The molecule has 6 heteroatoms. The first-order valence-electron chi connectivity index (χ1n) is 4.18. The molecule has 0 aromatic heterocycles. The standard InChI is InChI=1S/C8H15NO5/c1-5(7(10)11)6(8(12)13)9-3-4-14-2/h5-6,9H,3-4H2,1-2H3,(H,10,11)(H,12,13). The van der Waals surface area contributed by atoms with Crippen molar-refractivity contribution < 1.29 is 24.5 Å². The number of methoxy groups -OCH3 is 1. The number of aliphatic carboxylic acids is 2. The monoisotopic (exact) mass is 205 g/mol. The van der Waals surface area contributed by atoms with Gasteiger partial charge in [-0.2, -0.15) is 0 Å². The lowest BCUT2D eigenvalue weighted by molar-refractivity contribution is -0.150. The number of rotatable bonds is 7. The van der Waals surface area contributed by atoms with Crippen molar-refractivity contribution in [2.24, 2.45) is 5.92 Å². The first kappa shape index (κ1) is 12.9. The molecule has 0 spiro atoms. The van der Waals surface area contributed by atoms with Gasteiger partial charge in [0.15, 0.2) is 0 Å². The number of carboxylic acids is 2. The molecule has 2 unspecified atom stereocenters. The van der Waals surface area contributed by atoms with Crippen LogP contribution in [0.5, 0.6) is 0 Å². The van der Waals surface area contributed by atoms with Gasteiger partial charge in [-0.15, -0.1) is 0 Å². The summed E-state index contributed by atoms with van der Waals surface area (Å²) in [6.45, 7) is 2.00. The molecule has 3 N–H and O–H groups in total. The van der Waals surface area contributed by atoms with Crippen LogP contribution < -0.4 is 5.32 Å². The maximum Gasteiger partial charge on any atom is 0.321 e. The molecule has 0 saturated carbocycles. The van der Waals surface area contributed by atoms with E-state index in [1.165, 1.54) is 14.0 Å². The van der Waals surface area contributed by atoms with Gasteiger partial charge in [0.05, 0.1) is 12.5 Å². The van der Waals surface area contributed by atoms with E-state index in [0.29, 0.717) is 13.2 Å². The maximum absolute atomic E-state index is 10.7. The summed E-state index contributed by atoms with van der Waals surface area (Å²) in [7, 11) is 1.48. The molecule has 0 rings (SSSR count). The highest BCUT2D eigenvalue weighted by molar-refractivity contribution is 5.82. The van der Waals surface area contributed by atoms with E-state index in [2.05, 4.69) is 5.32 Å². The predicted molar refractivity (Wildman–Crippen MR) is 48.1 cm³/mol. The Labute approximate surface area is 81.9 Å². The van der Waals surface area contributed by atoms with Crippen molar-refractivity contribution in [1.82, 2.24) is 5.32 Å². The van der Waals surface area contributed by atoms with Crippen molar-refractivity contribution in [3.05, 3.63) is 0 Å². The lowest BCUT2D eigenvalue weighted by Gasteiger charge is -2.17. The molecule has 0 saturated heterocycles. The minimum atomic E-state index is -1.17. The van der Waals surface area contributed by atoms with E-state index in [4.69, 9.17) is 14.9 Å². The van der Waals surface area contributed by atoms with Crippen LogP contribution in [0.15, 0.2) is 0 Å². The average Bonchev–Trinajstić information content (AvgIpc) is 2.10. The molecule has 14 heavy (non-hydrogen) atoms. The van der Waals surface area contributed by atoms with Gasteiger partial charge in [-0.3, -0.25) is 9.59 Å². The van der Waals surface area contributed by atoms with Gasteiger partial charge in [-0.1, -0.05) is 0 Å². The SMILES string of the molecule is COCCNC(C(=O)O)C(C)C(=O)O. The molecule has 82 valence electrons. The summed E-state index contributed by atoms with van der Waals surface area (Å²) in [5.74, 6) is -3.28. The van der Waals surface area contributed by atoms with Gasteiger partial charge in [0.2, 0.25) is 0 Å². The second-order valence-electron chi connectivity index (χ2n) is 2.89. The normalized spacial score (nSPS) is 14.7. The third kappa shape index (κ3) is 4.20. The summed E-state index contributed by atoms with van der Waals surface area (Å²) in [5.41, 5.74) is 0. The number of hydrogen-bond acceptors (Lipinski definition) is 4. The van der Waals surface area contributed by atoms with Crippen LogP contribution in [0, 0.1) is 5.92 Å². The van der Waals surface area contributed by atoms with Crippen LogP contribution in [-0.2, 0) is 14.3 Å². The summed E-state index contributed by atoms with van der Waals surface area (Å²) in [6.07, 6.45) is 0. The number of ether oxygens (including phenoxy) is 1. The van der Waals surface area contributed by atoms with E-state index in [0.717, 1.165) is 0 Å². The largest absolute Gasteiger partial charge is 0.481 e. The second-order valence-corrected chi connectivity index (χ2v) is 2.89. The van der Waals surface area contributed by atoms with Gasteiger partial charge < -0.3 is 20.3 Å². The average molecular weight is 205 g/mol. The molecule has 0 aromatic carbocycles. The number of carbonyl (C=O) groups is 2. The number of carboxylic acid groups (broad SMARTS) is 2. The second kappa shape index (κ2) is 6.33. The van der Waals surface area contributed by atoms with E-state index >= 15 is 0 Å². The molecule has 2 atom stereocenters. The zero-order valence-electron chi connectivity index (χ0n) is 8.19. The van der Waals surface area contributed by atoms with Crippen molar-refractivity contribution in [1.29, 1.82) is 0 Å². The molecular formula is C8H15NO5. The molecule has 0 radical (unpaired) electrons. The van der Waals surface area contributed by atoms with Crippen LogP contribution in [0.2, 0.25) is 0 Å². The van der Waals surface area contributed by atoms with Crippen LogP contribution in [0.1, 0.15) is 6.92 Å². The van der Waals surface area contributed by atoms with Crippen molar-refractivity contribution >= 4 is 11.9 Å². The van der Waals surface area contributed by atoms with Gasteiger partial charge >= 0.3 is 11.9 Å². The van der Waals surface area contributed by atoms with E-state index in [-0.39, 0.29) is 0 Å². The van der Waals surface area contributed by atoms with Gasteiger partial charge in [0.25, 0.3) is 0 Å². The zero-order valence-corrected chi connectivity index (χ0v) is 8.19. The fourth-order valence-corrected chi connectivity index (χ4v) is 0.937. The van der Waals surface area contributed by atoms with Gasteiger partial charge in [-0.25, -0.2) is 0 Å². The third-order valence-corrected chi connectivity index (χ3v) is 1.83. The van der Waals surface area contributed by atoms with E-state index in [9.17, 15) is 9.59 Å². The lowest BCUT2D eigenvalue weighted by Crippen LogP contribution is -2.45. The maximum atomic E-state index is 10.7. The topological polar surface area (TPSA) is 95.9 Å². The predicted octanol–water partition coefficient (Wildman–Crippen LogP) is -0.604. The summed E-state index contributed by atoms with van der Waals surface area (Å²) >= 11 is 0. The first-order valence-corrected chi connectivity index (χ1v) is 4.18. The van der Waals surface area contributed by atoms with Crippen molar-refractivity contribution in [3.8, 4) is 0 Å². The summed E-state index contributed by atoms with van der Waals surface area (Å²) < 4.78 is 4.71. The molecular weight excluding hydrogens is 190 g/mol. The molecule has 0 aromatic rings. The molecule has 0 aliphatic heterocycles. The Morgan fingerprint density at radius 1 is 1.36 bits per heavy atom. The van der Waals surface area contributed by atoms with E-state index in [1.54, 1.807) is 0 Å². The fourth-order valence-electron chi connectivity index (χ4n) is 0.937. The van der Waals surface area contributed by atoms with E-state index in [1.807, 2.05) is 0 Å². The van der Waals surface area contributed by atoms with Crippen LogP contribution in [-0.4, -0.2) is 48.5 Å². The zero-order chi connectivity index (χ0) is 11.1. The molecule has 0 heterocycles. The molecule has 6 nitrogen and oxygen atoms in total. The summed E-state index contributed by atoms with van der Waals surface area (Å²) in [6, 6.07) is -1.08. The Morgan fingerprint density at radius 3 is 2.29 bits per heavy atom. The molecule has 0 aliphatic rings. The van der Waals surface area contributed by atoms with Crippen molar-refractivity contribution in [3.63, 3.8) is 0 Å². The van der Waals surface area contributed by atoms with Gasteiger partial charge in [-0.05, 0) is 6.92 Å². The van der Waals surface area contributed by atoms with Gasteiger partial charge in [0.1, 0.15) is 6.04 Å². The summed E-state index contributed by atoms with van der Waals surface area (Å²) in [4.78, 5) is 21.2. The minimum absolute atomic E-state index is 0.311. The van der Waals surface area contributed by atoms with Crippen LogP contribution in [0.3, 0.4) is 0 Å². The molecule has 0 amide bonds. The Balaban J connectivity index is 4.15. The van der Waals surface area contributed by atoms with E-state index < -0.39 is 23.9 Å². The van der Waals surface area contributed by atoms with Crippen LogP contribution >= 0.6 is 0 Å². The molecule has 0 fully saturated rings.